The molecule has 0 bridgehead atoms. The summed E-state index contributed by atoms with van der Waals surface area (Å²) >= 11 is 5.96. The highest BCUT2D eigenvalue weighted by atomic mass is 35.5. The van der Waals surface area contributed by atoms with Gasteiger partial charge in [0.25, 0.3) is 0 Å². The molecule has 0 spiro atoms. The molecule has 3 nitrogen and oxygen atoms in total. The van der Waals surface area contributed by atoms with Crippen LogP contribution in [-0.2, 0) is 0 Å². The van der Waals surface area contributed by atoms with Crippen molar-refractivity contribution in [3.05, 3.63) is 64.7 Å². The van der Waals surface area contributed by atoms with E-state index in [2.05, 4.69) is 17.1 Å². The minimum absolute atomic E-state index is 0.0466. The summed E-state index contributed by atoms with van der Waals surface area (Å²) < 4.78 is 5.95. The Labute approximate surface area is 128 Å². The fourth-order valence-electron chi connectivity index (χ4n) is 3.03. The summed E-state index contributed by atoms with van der Waals surface area (Å²) in [5, 5.41) is 7.58. The molecule has 2 aliphatic rings. The Kier molecular flexibility index (Phi) is 2.89. The van der Waals surface area contributed by atoms with Gasteiger partial charge in [-0.3, -0.25) is 5.01 Å². The van der Waals surface area contributed by atoms with E-state index in [-0.39, 0.29) is 12.3 Å². The second-order valence-electron chi connectivity index (χ2n) is 5.41. The molecule has 0 fully saturated rings. The normalized spacial score (nSPS) is 23.1. The Bertz CT molecular complexity index is 711. The van der Waals surface area contributed by atoms with E-state index in [1.165, 1.54) is 5.56 Å². The van der Waals surface area contributed by atoms with Crippen LogP contribution in [-0.4, -0.2) is 16.9 Å². The van der Waals surface area contributed by atoms with Crippen LogP contribution in [0, 0.1) is 0 Å². The number of ether oxygens (including phenoxy) is 1. The lowest BCUT2D eigenvalue weighted by Crippen LogP contribution is -2.37. The van der Waals surface area contributed by atoms with Crippen LogP contribution in [0.25, 0.3) is 0 Å². The third kappa shape index (κ3) is 2.09. The number of nitrogens with zero attached hydrogens (tertiary/aromatic N) is 2. The van der Waals surface area contributed by atoms with E-state index in [0.29, 0.717) is 0 Å². The van der Waals surface area contributed by atoms with Gasteiger partial charge in [-0.05, 0) is 30.7 Å². The molecular formula is C17H15ClN2O. The van der Waals surface area contributed by atoms with Crippen LogP contribution in [0.15, 0.2) is 53.6 Å². The Morgan fingerprint density at radius 1 is 1.14 bits per heavy atom. The fraction of sp³-hybridized carbons (Fsp3) is 0.235. The maximum Gasteiger partial charge on any atom is 0.185 e. The van der Waals surface area contributed by atoms with E-state index >= 15 is 0 Å². The van der Waals surface area contributed by atoms with Gasteiger partial charge >= 0.3 is 0 Å². The zero-order valence-electron chi connectivity index (χ0n) is 11.7. The van der Waals surface area contributed by atoms with Gasteiger partial charge in [0.1, 0.15) is 5.75 Å². The number of hydrogen-bond donors (Lipinski definition) is 0. The first-order valence-corrected chi connectivity index (χ1v) is 7.47. The molecule has 2 heterocycles. The molecule has 2 aromatic carbocycles. The lowest BCUT2D eigenvalue weighted by Gasteiger charge is -2.36. The van der Waals surface area contributed by atoms with E-state index in [1.54, 1.807) is 0 Å². The summed E-state index contributed by atoms with van der Waals surface area (Å²) in [6, 6.07) is 16.3. The maximum absolute atomic E-state index is 5.96. The maximum atomic E-state index is 5.96. The first-order valence-electron chi connectivity index (χ1n) is 7.10. The summed E-state index contributed by atoms with van der Waals surface area (Å²) in [4.78, 5) is 0. The van der Waals surface area contributed by atoms with Crippen LogP contribution in [0.4, 0.5) is 0 Å². The number of fused-ring (bicyclic) bond motifs is 3. The van der Waals surface area contributed by atoms with Crippen molar-refractivity contribution < 1.29 is 4.74 Å². The second kappa shape index (κ2) is 4.78. The Hall–Kier alpha value is -2.00. The van der Waals surface area contributed by atoms with Gasteiger partial charge in [-0.25, -0.2) is 0 Å². The molecule has 0 unspecified atom stereocenters. The van der Waals surface area contributed by atoms with Gasteiger partial charge in [0.2, 0.25) is 0 Å². The highest BCUT2D eigenvalue weighted by Crippen LogP contribution is 2.42. The van der Waals surface area contributed by atoms with Gasteiger partial charge in [-0.15, -0.1) is 0 Å². The standard InChI is InChI=1S/C17H15ClN2O/c1-11-20-16(14-4-2-3-5-17(14)21-11)10-15(19-20)12-6-8-13(18)9-7-12/h2-9,11,16H,10H2,1H3/t11-,16-/m0/s1. The quantitative estimate of drug-likeness (QED) is 0.787. The van der Waals surface area contributed by atoms with Crippen LogP contribution in [0.5, 0.6) is 5.75 Å². The van der Waals surface area contributed by atoms with E-state index in [0.717, 1.165) is 28.5 Å². The van der Waals surface area contributed by atoms with E-state index in [1.807, 2.05) is 43.3 Å². The highest BCUT2D eigenvalue weighted by Gasteiger charge is 2.37. The smallest absolute Gasteiger partial charge is 0.185 e. The van der Waals surface area contributed by atoms with Crippen LogP contribution in [0.2, 0.25) is 5.02 Å². The van der Waals surface area contributed by atoms with Crippen molar-refractivity contribution in [2.24, 2.45) is 5.10 Å². The number of hydrazone groups is 1. The third-order valence-corrected chi connectivity index (χ3v) is 4.32. The summed E-state index contributed by atoms with van der Waals surface area (Å²) in [6.45, 7) is 2.04. The number of para-hydroxylation sites is 1. The van der Waals surface area contributed by atoms with Gasteiger partial charge in [0.15, 0.2) is 6.23 Å². The topological polar surface area (TPSA) is 24.8 Å². The van der Waals surface area contributed by atoms with Crippen molar-refractivity contribution in [2.45, 2.75) is 25.6 Å². The second-order valence-corrected chi connectivity index (χ2v) is 5.84. The molecule has 106 valence electrons. The molecular weight excluding hydrogens is 284 g/mol. The average molecular weight is 299 g/mol. The largest absolute Gasteiger partial charge is 0.469 e. The molecule has 4 rings (SSSR count). The van der Waals surface area contributed by atoms with Crippen molar-refractivity contribution in [3.63, 3.8) is 0 Å². The zero-order chi connectivity index (χ0) is 14.4. The Morgan fingerprint density at radius 3 is 2.71 bits per heavy atom. The molecule has 4 heteroatoms. The third-order valence-electron chi connectivity index (χ3n) is 4.07. The molecule has 0 aliphatic carbocycles. The van der Waals surface area contributed by atoms with Crippen molar-refractivity contribution in [2.75, 3.05) is 0 Å². The first-order chi connectivity index (χ1) is 10.2. The van der Waals surface area contributed by atoms with Gasteiger partial charge in [0.05, 0.1) is 11.8 Å². The zero-order valence-corrected chi connectivity index (χ0v) is 12.4. The number of hydrogen-bond acceptors (Lipinski definition) is 3. The van der Waals surface area contributed by atoms with Gasteiger partial charge < -0.3 is 4.74 Å². The van der Waals surface area contributed by atoms with Gasteiger partial charge in [-0.1, -0.05) is 41.9 Å². The molecule has 0 amide bonds. The van der Waals surface area contributed by atoms with Crippen molar-refractivity contribution in [1.82, 2.24) is 5.01 Å². The van der Waals surface area contributed by atoms with E-state index < -0.39 is 0 Å². The van der Waals surface area contributed by atoms with Gasteiger partial charge in [0, 0.05) is 17.0 Å². The van der Waals surface area contributed by atoms with Crippen LogP contribution < -0.4 is 4.74 Å². The molecule has 0 N–H and O–H groups in total. The van der Waals surface area contributed by atoms with Gasteiger partial charge in [-0.2, -0.15) is 5.10 Å². The molecule has 0 saturated heterocycles. The summed E-state index contributed by atoms with van der Waals surface area (Å²) in [7, 11) is 0. The fourth-order valence-corrected chi connectivity index (χ4v) is 3.16. The van der Waals surface area contributed by atoms with E-state index in [4.69, 9.17) is 21.4 Å². The van der Waals surface area contributed by atoms with Crippen LogP contribution >= 0.6 is 11.6 Å². The summed E-state index contributed by atoms with van der Waals surface area (Å²) in [5.74, 6) is 0.971. The number of rotatable bonds is 1. The number of benzene rings is 2. The summed E-state index contributed by atoms with van der Waals surface area (Å²) in [6.07, 6.45) is 0.849. The molecule has 2 atom stereocenters. The van der Waals surface area contributed by atoms with Crippen molar-refractivity contribution in [3.8, 4) is 5.75 Å². The SMILES string of the molecule is C[C@@H]1Oc2ccccc2[C@@H]2CC(c3ccc(Cl)cc3)=NN12. The number of halogens is 1. The van der Waals surface area contributed by atoms with Crippen molar-refractivity contribution in [1.29, 1.82) is 0 Å². The molecule has 0 aromatic heterocycles. The Morgan fingerprint density at radius 2 is 1.90 bits per heavy atom. The van der Waals surface area contributed by atoms with Crippen molar-refractivity contribution >= 4 is 17.3 Å². The Balaban J connectivity index is 1.71. The average Bonchev–Trinajstić information content (AvgIpc) is 2.94. The predicted octanol–water partition coefficient (Wildman–Crippen LogP) is 4.23. The predicted molar refractivity (Wildman–Crippen MR) is 83.7 cm³/mol. The van der Waals surface area contributed by atoms with E-state index in [9.17, 15) is 0 Å². The lowest BCUT2D eigenvalue weighted by atomic mass is 9.97. The molecule has 21 heavy (non-hydrogen) atoms. The molecule has 2 aromatic rings. The molecule has 0 radical (unpaired) electrons. The van der Waals surface area contributed by atoms with Crippen LogP contribution in [0.1, 0.15) is 30.5 Å². The van der Waals surface area contributed by atoms with Crippen LogP contribution in [0.3, 0.4) is 0 Å². The first kappa shape index (κ1) is 12.7. The molecule has 2 aliphatic heterocycles. The summed E-state index contributed by atoms with van der Waals surface area (Å²) in [5.41, 5.74) is 3.42. The molecule has 0 saturated carbocycles. The minimum Gasteiger partial charge on any atom is -0.469 e. The monoisotopic (exact) mass is 298 g/mol. The highest BCUT2D eigenvalue weighted by molar-refractivity contribution is 6.30. The minimum atomic E-state index is -0.0466. The lowest BCUT2D eigenvalue weighted by molar-refractivity contribution is -0.00334.